The lowest BCUT2D eigenvalue weighted by atomic mass is 10.1. The summed E-state index contributed by atoms with van der Waals surface area (Å²) >= 11 is 0.853. The van der Waals surface area contributed by atoms with Crippen molar-refractivity contribution < 1.29 is 18.9 Å². The third kappa shape index (κ3) is 5.14. The van der Waals surface area contributed by atoms with Gasteiger partial charge in [-0.25, -0.2) is 0 Å². The van der Waals surface area contributed by atoms with Crippen LogP contribution in [0.25, 0.3) is 0 Å². The summed E-state index contributed by atoms with van der Waals surface area (Å²) in [5.74, 6) is 1.17. The van der Waals surface area contributed by atoms with Crippen LogP contribution in [-0.4, -0.2) is 27.3 Å². The van der Waals surface area contributed by atoms with Crippen LogP contribution in [0.1, 0.15) is 17.0 Å². The number of carbonyl (C=O) groups is 1. The molecule has 0 unspecified atom stereocenters. The molecule has 0 radical (unpaired) electrons. The van der Waals surface area contributed by atoms with E-state index >= 15 is 0 Å². The molecule has 0 bridgehead atoms. The number of hydrogen-bond donors (Lipinski definition) is 0. The molecule has 138 valence electrons. The van der Waals surface area contributed by atoms with E-state index in [1.54, 1.807) is 19.2 Å². The molecule has 0 aliphatic heterocycles. The summed E-state index contributed by atoms with van der Waals surface area (Å²) in [5.41, 5.74) is 1.64. The summed E-state index contributed by atoms with van der Waals surface area (Å²) in [6.07, 6.45) is 0.562. The van der Waals surface area contributed by atoms with Crippen LogP contribution in [0.3, 0.4) is 0 Å². The first-order valence-electron chi connectivity index (χ1n) is 7.93. The van der Waals surface area contributed by atoms with E-state index in [-0.39, 0.29) is 22.4 Å². The van der Waals surface area contributed by atoms with Gasteiger partial charge in [0.1, 0.15) is 5.75 Å². The zero-order valence-electron chi connectivity index (χ0n) is 14.3. The van der Waals surface area contributed by atoms with Crippen molar-refractivity contribution in [2.24, 2.45) is 0 Å². The first kappa shape index (κ1) is 18.6. The van der Waals surface area contributed by atoms with Crippen molar-refractivity contribution in [2.75, 3.05) is 7.11 Å². The van der Waals surface area contributed by atoms with Gasteiger partial charge in [-0.2, -0.15) is 0 Å². The summed E-state index contributed by atoms with van der Waals surface area (Å²) in [5, 5.41) is 18.4. The third-order valence-corrected chi connectivity index (χ3v) is 4.37. The molecule has 0 amide bonds. The zero-order chi connectivity index (χ0) is 19.2. The Balaban J connectivity index is 1.56. The number of rotatable bonds is 7. The maximum absolute atomic E-state index is 12.1. The number of non-ortho nitro benzene ring substituents is 1. The van der Waals surface area contributed by atoms with Gasteiger partial charge in [0.2, 0.25) is 11.0 Å². The van der Waals surface area contributed by atoms with Gasteiger partial charge in [-0.15, -0.1) is 10.2 Å². The van der Waals surface area contributed by atoms with Crippen molar-refractivity contribution in [3.8, 4) is 5.75 Å². The molecule has 3 aromatic rings. The van der Waals surface area contributed by atoms with E-state index in [0.717, 1.165) is 23.1 Å². The molecule has 8 nitrogen and oxygen atoms in total. The van der Waals surface area contributed by atoms with E-state index in [9.17, 15) is 14.9 Å². The lowest BCUT2D eigenvalue weighted by Gasteiger charge is -2.00. The van der Waals surface area contributed by atoms with Crippen molar-refractivity contribution in [1.82, 2.24) is 10.2 Å². The van der Waals surface area contributed by atoms with Crippen LogP contribution in [0.2, 0.25) is 0 Å². The van der Waals surface area contributed by atoms with Crippen molar-refractivity contribution in [3.05, 3.63) is 75.7 Å². The first-order chi connectivity index (χ1) is 13.0. The lowest BCUT2D eigenvalue weighted by molar-refractivity contribution is -0.384. The highest BCUT2D eigenvalue weighted by Crippen LogP contribution is 2.22. The first-order valence-corrected chi connectivity index (χ1v) is 8.74. The molecule has 9 heteroatoms. The molecule has 3 rings (SSSR count). The number of nitro groups is 1. The van der Waals surface area contributed by atoms with Crippen LogP contribution in [0.15, 0.2) is 58.2 Å². The Morgan fingerprint density at radius 3 is 2.41 bits per heavy atom. The van der Waals surface area contributed by atoms with Crippen LogP contribution >= 0.6 is 11.8 Å². The minimum atomic E-state index is -0.483. The average Bonchev–Trinajstić information content (AvgIpc) is 3.09. The van der Waals surface area contributed by atoms with Crippen LogP contribution in [0.4, 0.5) is 5.69 Å². The molecule has 0 atom stereocenters. The maximum atomic E-state index is 12.1. The predicted octanol–water partition coefficient (Wildman–Crippen LogP) is 3.44. The van der Waals surface area contributed by atoms with E-state index in [4.69, 9.17) is 9.15 Å². The summed E-state index contributed by atoms with van der Waals surface area (Å²) in [7, 11) is 1.60. The summed E-state index contributed by atoms with van der Waals surface area (Å²) in [4.78, 5) is 22.3. The fraction of sp³-hybridized carbons (Fsp3) is 0.167. The summed E-state index contributed by atoms with van der Waals surface area (Å²) in [6.45, 7) is 0. The second-order valence-electron chi connectivity index (χ2n) is 5.56. The SMILES string of the molecule is COc1ccc(Cc2nnc(SC(=O)Cc3ccc([N+](=O)[O-])cc3)o2)cc1. The molecule has 0 aliphatic rings. The molecule has 1 aromatic heterocycles. The highest BCUT2D eigenvalue weighted by Gasteiger charge is 2.14. The lowest BCUT2D eigenvalue weighted by Crippen LogP contribution is -1.98. The topological polar surface area (TPSA) is 108 Å². The number of nitro benzene ring substituents is 1. The molecule has 0 saturated carbocycles. The zero-order valence-corrected chi connectivity index (χ0v) is 15.1. The second kappa shape index (κ2) is 8.45. The molecule has 0 aliphatic carbocycles. The van der Waals surface area contributed by atoms with Crippen LogP contribution in [-0.2, 0) is 17.6 Å². The van der Waals surface area contributed by atoms with Crippen LogP contribution in [0, 0.1) is 10.1 Å². The Hall–Kier alpha value is -3.20. The van der Waals surface area contributed by atoms with Crippen molar-refractivity contribution in [2.45, 2.75) is 18.1 Å². The Kier molecular flexibility index (Phi) is 5.82. The molecule has 0 spiro atoms. The standard InChI is InChI=1S/C18H15N3O5S/c1-25-15-8-4-12(5-9-15)10-16-19-20-18(26-16)27-17(22)11-13-2-6-14(7-3-13)21(23)24/h2-9H,10-11H2,1H3. The van der Waals surface area contributed by atoms with Gasteiger partial charge in [0.15, 0.2) is 0 Å². The van der Waals surface area contributed by atoms with E-state index < -0.39 is 4.92 Å². The number of benzene rings is 2. The van der Waals surface area contributed by atoms with E-state index in [2.05, 4.69) is 10.2 Å². The highest BCUT2D eigenvalue weighted by atomic mass is 32.2. The molecule has 27 heavy (non-hydrogen) atoms. The normalized spacial score (nSPS) is 10.6. The Labute approximate surface area is 158 Å². The summed E-state index contributed by atoms with van der Waals surface area (Å²) in [6, 6.07) is 13.3. The molecule has 0 N–H and O–H groups in total. The van der Waals surface area contributed by atoms with Crippen LogP contribution < -0.4 is 4.74 Å². The molecule has 1 heterocycles. The highest BCUT2D eigenvalue weighted by molar-refractivity contribution is 8.13. The number of aromatic nitrogens is 2. The number of thioether (sulfide) groups is 1. The van der Waals surface area contributed by atoms with Crippen molar-refractivity contribution in [1.29, 1.82) is 0 Å². The molecule has 0 fully saturated rings. The van der Waals surface area contributed by atoms with Gasteiger partial charge in [0.25, 0.3) is 10.9 Å². The number of carbonyl (C=O) groups excluding carboxylic acids is 1. The minimum Gasteiger partial charge on any atom is -0.497 e. The Bertz CT molecular complexity index is 938. The third-order valence-electron chi connectivity index (χ3n) is 3.66. The summed E-state index contributed by atoms with van der Waals surface area (Å²) < 4.78 is 10.6. The van der Waals surface area contributed by atoms with Crippen molar-refractivity contribution in [3.63, 3.8) is 0 Å². The smallest absolute Gasteiger partial charge is 0.284 e. The second-order valence-corrected chi connectivity index (χ2v) is 6.57. The van der Waals surface area contributed by atoms with E-state index in [0.29, 0.717) is 17.9 Å². The quantitative estimate of drug-likeness (QED) is 0.346. The number of hydrogen-bond acceptors (Lipinski definition) is 8. The fourth-order valence-electron chi connectivity index (χ4n) is 2.30. The number of ether oxygens (including phenoxy) is 1. The minimum absolute atomic E-state index is 0.0149. The average molecular weight is 385 g/mol. The van der Waals surface area contributed by atoms with Gasteiger partial charge < -0.3 is 9.15 Å². The number of methoxy groups -OCH3 is 1. The van der Waals surface area contributed by atoms with Gasteiger partial charge in [0, 0.05) is 30.3 Å². The van der Waals surface area contributed by atoms with Gasteiger partial charge in [0.05, 0.1) is 18.5 Å². The molecular formula is C18H15N3O5S. The Morgan fingerprint density at radius 1 is 1.11 bits per heavy atom. The fourth-order valence-corrected chi connectivity index (χ4v) is 2.96. The van der Waals surface area contributed by atoms with Gasteiger partial charge >= 0.3 is 0 Å². The van der Waals surface area contributed by atoms with Gasteiger partial charge in [-0.3, -0.25) is 14.9 Å². The molecular weight excluding hydrogens is 370 g/mol. The van der Waals surface area contributed by atoms with Crippen LogP contribution in [0.5, 0.6) is 5.75 Å². The maximum Gasteiger partial charge on any atom is 0.284 e. The van der Waals surface area contributed by atoms with Crippen molar-refractivity contribution >= 4 is 22.6 Å². The van der Waals surface area contributed by atoms with E-state index in [1.165, 1.54) is 12.1 Å². The van der Waals surface area contributed by atoms with E-state index in [1.807, 2.05) is 24.3 Å². The van der Waals surface area contributed by atoms with Gasteiger partial charge in [-0.1, -0.05) is 24.3 Å². The molecule has 0 saturated heterocycles. The predicted molar refractivity (Wildman–Crippen MR) is 97.8 cm³/mol. The largest absolute Gasteiger partial charge is 0.497 e. The Morgan fingerprint density at radius 2 is 1.78 bits per heavy atom. The monoisotopic (exact) mass is 385 g/mol. The number of nitrogens with zero attached hydrogens (tertiary/aromatic N) is 3. The van der Waals surface area contributed by atoms with Gasteiger partial charge in [-0.05, 0) is 23.3 Å². The molecule has 2 aromatic carbocycles.